The lowest BCUT2D eigenvalue weighted by Crippen LogP contribution is -2.07. The van der Waals surface area contributed by atoms with Crippen LogP contribution in [0.5, 0.6) is 0 Å². The molecule has 0 radical (unpaired) electrons. The third-order valence-electron chi connectivity index (χ3n) is 2.58. The Morgan fingerprint density at radius 3 is 2.80 bits per heavy atom. The summed E-state index contributed by atoms with van der Waals surface area (Å²) >= 11 is 3.38. The Labute approximate surface area is 126 Å². The molecule has 4 nitrogen and oxygen atoms in total. The van der Waals surface area contributed by atoms with Gasteiger partial charge in [-0.1, -0.05) is 6.92 Å². The van der Waals surface area contributed by atoms with E-state index in [-0.39, 0.29) is 5.82 Å². The second-order valence-corrected chi connectivity index (χ2v) is 5.25. The van der Waals surface area contributed by atoms with E-state index in [1.807, 2.05) is 13.0 Å². The predicted molar refractivity (Wildman–Crippen MR) is 82.9 cm³/mol. The lowest BCUT2D eigenvalue weighted by atomic mass is 10.3. The first-order chi connectivity index (χ1) is 9.58. The van der Waals surface area contributed by atoms with Gasteiger partial charge in [0.2, 0.25) is 5.95 Å². The summed E-state index contributed by atoms with van der Waals surface area (Å²) in [5.41, 5.74) is 1.47. The van der Waals surface area contributed by atoms with Crippen molar-refractivity contribution in [2.75, 3.05) is 17.2 Å². The van der Waals surface area contributed by atoms with E-state index in [1.165, 1.54) is 12.1 Å². The molecule has 0 aliphatic heterocycles. The molecule has 0 spiro atoms. The van der Waals surface area contributed by atoms with Crippen molar-refractivity contribution in [2.45, 2.75) is 20.3 Å². The summed E-state index contributed by atoms with van der Waals surface area (Å²) in [7, 11) is 0. The predicted octanol–water partition coefficient (Wildman–Crippen LogP) is 4.25. The first-order valence-electron chi connectivity index (χ1n) is 6.40. The number of nitrogens with one attached hydrogen (secondary N) is 2. The number of aromatic nitrogens is 2. The van der Waals surface area contributed by atoms with Gasteiger partial charge in [0, 0.05) is 22.8 Å². The van der Waals surface area contributed by atoms with Crippen molar-refractivity contribution in [1.29, 1.82) is 0 Å². The molecule has 106 valence electrons. The monoisotopic (exact) mass is 338 g/mol. The summed E-state index contributed by atoms with van der Waals surface area (Å²) in [5.74, 6) is 0.898. The number of nitrogens with zero attached hydrogens (tertiary/aromatic N) is 2. The molecule has 6 heteroatoms. The van der Waals surface area contributed by atoms with Gasteiger partial charge in [0.15, 0.2) is 0 Å². The van der Waals surface area contributed by atoms with Gasteiger partial charge in [0.25, 0.3) is 0 Å². The van der Waals surface area contributed by atoms with Crippen LogP contribution in [0.3, 0.4) is 0 Å². The van der Waals surface area contributed by atoms with Gasteiger partial charge in [-0.3, -0.25) is 0 Å². The maximum Gasteiger partial charge on any atom is 0.224 e. The number of hydrogen-bond acceptors (Lipinski definition) is 4. The van der Waals surface area contributed by atoms with Gasteiger partial charge in [-0.05, 0) is 47.5 Å². The zero-order chi connectivity index (χ0) is 14.5. The van der Waals surface area contributed by atoms with Crippen LogP contribution in [0.25, 0.3) is 0 Å². The zero-order valence-electron chi connectivity index (χ0n) is 11.4. The molecule has 0 unspecified atom stereocenters. The van der Waals surface area contributed by atoms with Crippen LogP contribution in [0.1, 0.15) is 19.0 Å². The van der Waals surface area contributed by atoms with Crippen LogP contribution in [0.2, 0.25) is 0 Å². The molecule has 1 aromatic carbocycles. The van der Waals surface area contributed by atoms with Crippen LogP contribution in [0, 0.1) is 12.7 Å². The second kappa shape index (κ2) is 6.65. The highest BCUT2D eigenvalue weighted by atomic mass is 79.9. The summed E-state index contributed by atoms with van der Waals surface area (Å²) in [6, 6.07) is 6.28. The van der Waals surface area contributed by atoms with Gasteiger partial charge < -0.3 is 10.6 Å². The number of hydrogen-bond donors (Lipinski definition) is 2. The van der Waals surface area contributed by atoms with E-state index in [4.69, 9.17) is 0 Å². The van der Waals surface area contributed by atoms with Gasteiger partial charge in [-0.25, -0.2) is 9.37 Å². The molecular formula is C14H16BrFN4. The highest BCUT2D eigenvalue weighted by molar-refractivity contribution is 9.10. The van der Waals surface area contributed by atoms with Crippen molar-refractivity contribution in [3.8, 4) is 0 Å². The number of anilines is 3. The minimum Gasteiger partial charge on any atom is -0.354 e. The summed E-state index contributed by atoms with van der Waals surface area (Å²) in [6.45, 7) is 4.78. The fourth-order valence-corrected chi connectivity index (χ4v) is 2.03. The molecule has 2 rings (SSSR count). The van der Waals surface area contributed by atoms with Gasteiger partial charge in [-0.15, -0.1) is 0 Å². The summed E-state index contributed by atoms with van der Waals surface area (Å²) in [5, 5.41) is 6.23. The lowest BCUT2D eigenvalue weighted by molar-refractivity contribution is 0.628. The Morgan fingerprint density at radius 1 is 1.25 bits per heavy atom. The van der Waals surface area contributed by atoms with E-state index < -0.39 is 0 Å². The summed E-state index contributed by atoms with van der Waals surface area (Å²) in [6.07, 6.45) is 0.996. The number of aryl methyl sites for hydroxylation is 1. The average molecular weight is 339 g/mol. The average Bonchev–Trinajstić information content (AvgIpc) is 2.40. The van der Waals surface area contributed by atoms with Gasteiger partial charge in [0.05, 0.1) is 5.69 Å². The standard InChI is InChI=1S/C14H16BrFN4/c1-3-6-17-14-18-9(2)7-13(20-14)19-12-8-10(16)4-5-11(12)15/h4-5,7-8H,3,6H2,1-2H3,(H2,17,18,19,20). The smallest absolute Gasteiger partial charge is 0.224 e. The van der Waals surface area contributed by atoms with Crippen molar-refractivity contribution < 1.29 is 4.39 Å². The molecule has 0 atom stereocenters. The fourth-order valence-electron chi connectivity index (χ4n) is 1.68. The van der Waals surface area contributed by atoms with Crippen LogP contribution < -0.4 is 10.6 Å². The third kappa shape index (κ3) is 3.90. The maximum absolute atomic E-state index is 13.3. The van der Waals surface area contributed by atoms with Crippen LogP contribution >= 0.6 is 15.9 Å². The van der Waals surface area contributed by atoms with Crippen LogP contribution in [-0.2, 0) is 0 Å². The normalized spacial score (nSPS) is 10.4. The molecule has 0 bridgehead atoms. The summed E-state index contributed by atoms with van der Waals surface area (Å²) in [4.78, 5) is 8.67. The Kier molecular flexibility index (Phi) is 4.89. The van der Waals surface area contributed by atoms with Crippen molar-refractivity contribution in [3.63, 3.8) is 0 Å². The Morgan fingerprint density at radius 2 is 2.05 bits per heavy atom. The van der Waals surface area contributed by atoms with E-state index in [1.54, 1.807) is 6.07 Å². The van der Waals surface area contributed by atoms with Gasteiger partial charge >= 0.3 is 0 Å². The number of halogens is 2. The van der Waals surface area contributed by atoms with Crippen LogP contribution in [0.4, 0.5) is 21.8 Å². The highest BCUT2D eigenvalue weighted by Gasteiger charge is 2.06. The molecule has 0 saturated carbocycles. The summed E-state index contributed by atoms with van der Waals surface area (Å²) < 4.78 is 14.0. The van der Waals surface area contributed by atoms with E-state index in [2.05, 4.69) is 43.5 Å². The zero-order valence-corrected chi connectivity index (χ0v) is 13.0. The molecule has 0 aliphatic rings. The van der Waals surface area contributed by atoms with E-state index in [0.29, 0.717) is 17.5 Å². The van der Waals surface area contributed by atoms with Crippen LogP contribution in [-0.4, -0.2) is 16.5 Å². The minimum absolute atomic E-state index is 0.300. The number of rotatable bonds is 5. The van der Waals surface area contributed by atoms with E-state index in [0.717, 1.165) is 23.1 Å². The van der Waals surface area contributed by atoms with Crippen LogP contribution in [0.15, 0.2) is 28.7 Å². The molecule has 1 heterocycles. The Hall–Kier alpha value is -1.69. The first kappa shape index (κ1) is 14.7. The fraction of sp³-hybridized carbons (Fsp3) is 0.286. The molecule has 0 amide bonds. The van der Waals surface area contributed by atoms with Crippen molar-refractivity contribution >= 4 is 33.4 Å². The minimum atomic E-state index is -0.300. The molecule has 2 aromatic rings. The largest absolute Gasteiger partial charge is 0.354 e. The molecule has 2 N–H and O–H groups in total. The van der Waals surface area contributed by atoms with Gasteiger partial charge in [-0.2, -0.15) is 4.98 Å². The maximum atomic E-state index is 13.3. The Bertz CT molecular complexity index is 604. The topological polar surface area (TPSA) is 49.8 Å². The van der Waals surface area contributed by atoms with Crippen molar-refractivity contribution in [1.82, 2.24) is 9.97 Å². The van der Waals surface area contributed by atoms with Crippen molar-refractivity contribution in [3.05, 3.63) is 40.2 Å². The molecular weight excluding hydrogens is 323 g/mol. The first-order valence-corrected chi connectivity index (χ1v) is 7.19. The third-order valence-corrected chi connectivity index (χ3v) is 3.27. The molecule has 0 fully saturated rings. The van der Waals surface area contributed by atoms with Gasteiger partial charge in [0.1, 0.15) is 11.6 Å². The molecule has 1 aromatic heterocycles. The highest BCUT2D eigenvalue weighted by Crippen LogP contribution is 2.26. The molecule has 0 saturated heterocycles. The molecule has 0 aliphatic carbocycles. The second-order valence-electron chi connectivity index (χ2n) is 4.39. The van der Waals surface area contributed by atoms with E-state index in [9.17, 15) is 4.39 Å². The van der Waals surface area contributed by atoms with Crippen molar-refractivity contribution in [2.24, 2.45) is 0 Å². The van der Waals surface area contributed by atoms with E-state index >= 15 is 0 Å². The quantitative estimate of drug-likeness (QED) is 0.855. The SMILES string of the molecule is CCCNc1nc(C)cc(Nc2cc(F)ccc2Br)n1. The Balaban J connectivity index is 2.24. The lowest BCUT2D eigenvalue weighted by Gasteiger charge is -2.10. The number of benzene rings is 1. The molecule has 20 heavy (non-hydrogen) atoms.